The van der Waals surface area contributed by atoms with Gasteiger partial charge in [-0.25, -0.2) is 4.39 Å². The molecule has 1 heterocycles. The van der Waals surface area contributed by atoms with E-state index in [2.05, 4.69) is 17.0 Å². The van der Waals surface area contributed by atoms with Crippen molar-refractivity contribution in [3.63, 3.8) is 0 Å². The van der Waals surface area contributed by atoms with E-state index in [1.807, 2.05) is 25.2 Å². The summed E-state index contributed by atoms with van der Waals surface area (Å²) in [5.41, 5.74) is 0.0371. The predicted molar refractivity (Wildman–Crippen MR) is 75.8 cm³/mol. The predicted octanol–water partition coefficient (Wildman–Crippen LogP) is 3.27. The minimum absolute atomic E-state index is 0.0482. The topological polar surface area (TPSA) is 12.5 Å². The van der Waals surface area contributed by atoms with Crippen molar-refractivity contribution < 1.29 is 9.13 Å². The minimum atomic E-state index is -1.14. The lowest BCUT2D eigenvalue weighted by Gasteiger charge is -2.39. The van der Waals surface area contributed by atoms with Crippen LogP contribution in [0.3, 0.4) is 0 Å². The molecule has 3 heteroatoms. The zero-order chi connectivity index (χ0) is 13.9. The van der Waals surface area contributed by atoms with Gasteiger partial charge in [-0.15, -0.1) is 0 Å². The molecule has 0 aliphatic carbocycles. The second-order valence-corrected chi connectivity index (χ2v) is 6.14. The zero-order valence-electron chi connectivity index (χ0n) is 12.1. The normalized spacial score (nSPS) is 25.5. The molecule has 2 rings (SSSR count). The Kier molecular flexibility index (Phi) is 4.58. The summed E-state index contributed by atoms with van der Waals surface area (Å²) in [5.74, 6) is 0.0482. The molecule has 1 aromatic rings. The van der Waals surface area contributed by atoms with E-state index in [0.29, 0.717) is 6.61 Å². The number of benzene rings is 1. The first-order chi connectivity index (χ1) is 8.95. The Labute approximate surface area is 115 Å². The summed E-state index contributed by atoms with van der Waals surface area (Å²) in [7, 11) is 2.04. The summed E-state index contributed by atoms with van der Waals surface area (Å²) in [6.07, 6.45) is 0.930. The minimum Gasteiger partial charge on any atom is -0.372 e. The molecule has 0 spiro atoms. The Morgan fingerprint density at radius 3 is 2.58 bits per heavy atom. The fraction of sp³-hybridized carbons (Fsp3) is 0.625. The summed E-state index contributed by atoms with van der Waals surface area (Å²) in [6, 6.07) is 10.1. The molecule has 1 saturated heterocycles. The van der Waals surface area contributed by atoms with Crippen LogP contribution in [-0.2, 0) is 11.3 Å². The molecule has 0 aromatic heterocycles. The average molecular weight is 265 g/mol. The fourth-order valence-electron chi connectivity index (χ4n) is 2.67. The quantitative estimate of drug-likeness (QED) is 0.828. The number of piperidine rings is 1. The lowest BCUT2D eigenvalue weighted by molar-refractivity contribution is -0.0508. The third-order valence-electron chi connectivity index (χ3n) is 3.89. The molecule has 1 aliphatic rings. The first-order valence-electron chi connectivity index (χ1n) is 6.98. The van der Waals surface area contributed by atoms with Gasteiger partial charge in [0.1, 0.15) is 5.67 Å². The number of likely N-dealkylation sites (N-methyl/N-ethyl adjacent to an activating group) is 1. The van der Waals surface area contributed by atoms with E-state index in [1.54, 1.807) is 13.8 Å². The standard InChI is InChI=1S/C16H24FNO/c1-16(2,17)14-9-15(11-18(3)10-14)19-12-13-7-5-4-6-8-13/h4-8,14-15H,9-12H2,1-3H3. The van der Waals surface area contributed by atoms with E-state index in [1.165, 1.54) is 5.56 Å². The van der Waals surface area contributed by atoms with Crippen LogP contribution in [0.25, 0.3) is 0 Å². The number of hydrogen-bond acceptors (Lipinski definition) is 2. The first kappa shape index (κ1) is 14.5. The highest BCUT2D eigenvalue weighted by Crippen LogP contribution is 2.30. The summed E-state index contributed by atoms with van der Waals surface area (Å²) >= 11 is 0. The Morgan fingerprint density at radius 2 is 1.95 bits per heavy atom. The van der Waals surface area contributed by atoms with E-state index < -0.39 is 5.67 Å². The number of rotatable bonds is 4. The van der Waals surface area contributed by atoms with Crippen molar-refractivity contribution in [1.82, 2.24) is 4.90 Å². The molecular weight excluding hydrogens is 241 g/mol. The molecule has 0 N–H and O–H groups in total. The Bertz CT molecular complexity index is 387. The monoisotopic (exact) mass is 265 g/mol. The van der Waals surface area contributed by atoms with Gasteiger partial charge >= 0.3 is 0 Å². The molecule has 1 fully saturated rings. The smallest absolute Gasteiger partial charge is 0.109 e. The van der Waals surface area contributed by atoms with Gasteiger partial charge in [0.2, 0.25) is 0 Å². The second kappa shape index (κ2) is 6.02. The maximum absolute atomic E-state index is 14.1. The molecule has 1 aliphatic heterocycles. The number of nitrogens with zero attached hydrogens (tertiary/aromatic N) is 1. The fourth-order valence-corrected chi connectivity index (χ4v) is 2.67. The molecular formula is C16H24FNO. The van der Waals surface area contributed by atoms with Crippen LogP contribution in [0.4, 0.5) is 4.39 Å². The molecule has 0 saturated carbocycles. The van der Waals surface area contributed by atoms with Crippen LogP contribution in [0, 0.1) is 5.92 Å². The molecule has 106 valence electrons. The summed E-state index contributed by atoms with van der Waals surface area (Å²) < 4.78 is 20.1. The average Bonchev–Trinajstić information content (AvgIpc) is 2.36. The number of halogens is 1. The Hall–Kier alpha value is -0.930. The van der Waals surface area contributed by atoms with Gasteiger partial charge in [-0.2, -0.15) is 0 Å². The number of hydrogen-bond donors (Lipinski definition) is 0. The van der Waals surface area contributed by atoms with E-state index in [0.717, 1.165) is 19.5 Å². The highest BCUT2D eigenvalue weighted by Gasteiger charge is 2.36. The van der Waals surface area contributed by atoms with Crippen molar-refractivity contribution in [2.75, 3.05) is 20.1 Å². The van der Waals surface area contributed by atoms with E-state index in [9.17, 15) is 4.39 Å². The zero-order valence-corrected chi connectivity index (χ0v) is 12.1. The Morgan fingerprint density at radius 1 is 1.26 bits per heavy atom. The summed E-state index contributed by atoms with van der Waals surface area (Å²) in [5, 5.41) is 0. The molecule has 1 aromatic carbocycles. The molecule has 2 nitrogen and oxygen atoms in total. The largest absolute Gasteiger partial charge is 0.372 e. The van der Waals surface area contributed by atoms with Crippen LogP contribution in [0.5, 0.6) is 0 Å². The Balaban J connectivity index is 1.89. The summed E-state index contributed by atoms with van der Waals surface area (Å²) in [6.45, 7) is 5.66. The van der Waals surface area contributed by atoms with Gasteiger partial charge in [0.25, 0.3) is 0 Å². The van der Waals surface area contributed by atoms with E-state index in [-0.39, 0.29) is 12.0 Å². The van der Waals surface area contributed by atoms with Gasteiger partial charge in [0.05, 0.1) is 12.7 Å². The van der Waals surface area contributed by atoms with Crippen LogP contribution < -0.4 is 0 Å². The number of ether oxygens (including phenoxy) is 1. The SMILES string of the molecule is CN1CC(OCc2ccccc2)CC(C(C)(C)F)C1. The summed E-state index contributed by atoms with van der Waals surface area (Å²) in [4.78, 5) is 2.17. The molecule has 19 heavy (non-hydrogen) atoms. The van der Waals surface area contributed by atoms with E-state index >= 15 is 0 Å². The van der Waals surface area contributed by atoms with Crippen molar-refractivity contribution >= 4 is 0 Å². The number of likely N-dealkylation sites (tertiary alicyclic amines) is 1. The molecule has 2 atom stereocenters. The number of alkyl halides is 1. The van der Waals surface area contributed by atoms with Crippen LogP contribution >= 0.6 is 0 Å². The van der Waals surface area contributed by atoms with E-state index in [4.69, 9.17) is 4.74 Å². The third-order valence-corrected chi connectivity index (χ3v) is 3.89. The lowest BCUT2D eigenvalue weighted by Crippen LogP contribution is -2.47. The van der Waals surface area contributed by atoms with Crippen LogP contribution in [0.15, 0.2) is 30.3 Å². The van der Waals surface area contributed by atoms with Crippen LogP contribution in [0.2, 0.25) is 0 Å². The van der Waals surface area contributed by atoms with Gasteiger partial charge in [-0.1, -0.05) is 30.3 Å². The van der Waals surface area contributed by atoms with Gasteiger partial charge in [0.15, 0.2) is 0 Å². The second-order valence-electron chi connectivity index (χ2n) is 6.14. The molecule has 0 radical (unpaired) electrons. The van der Waals surface area contributed by atoms with Gasteiger partial charge < -0.3 is 9.64 Å². The maximum Gasteiger partial charge on any atom is 0.109 e. The molecule has 0 bridgehead atoms. The lowest BCUT2D eigenvalue weighted by atomic mass is 9.84. The van der Waals surface area contributed by atoms with Crippen molar-refractivity contribution in [2.24, 2.45) is 5.92 Å². The van der Waals surface area contributed by atoms with Gasteiger partial charge in [-0.05, 0) is 32.9 Å². The van der Waals surface area contributed by atoms with Gasteiger partial charge in [0, 0.05) is 19.0 Å². The van der Waals surface area contributed by atoms with Crippen molar-refractivity contribution in [3.8, 4) is 0 Å². The highest BCUT2D eigenvalue weighted by atomic mass is 19.1. The van der Waals surface area contributed by atoms with Crippen molar-refractivity contribution in [1.29, 1.82) is 0 Å². The van der Waals surface area contributed by atoms with Gasteiger partial charge in [-0.3, -0.25) is 0 Å². The van der Waals surface area contributed by atoms with Crippen LogP contribution in [0.1, 0.15) is 25.8 Å². The van der Waals surface area contributed by atoms with Crippen molar-refractivity contribution in [2.45, 2.75) is 38.6 Å². The third kappa shape index (κ3) is 4.29. The molecule has 0 amide bonds. The first-order valence-corrected chi connectivity index (χ1v) is 6.98. The maximum atomic E-state index is 14.1. The van der Waals surface area contributed by atoms with Crippen LogP contribution in [-0.4, -0.2) is 36.8 Å². The molecule has 2 unspecified atom stereocenters. The highest BCUT2D eigenvalue weighted by molar-refractivity contribution is 5.13. The van der Waals surface area contributed by atoms with Crippen molar-refractivity contribution in [3.05, 3.63) is 35.9 Å².